The second-order valence-corrected chi connectivity index (χ2v) is 7.53. The van der Waals surface area contributed by atoms with Crippen molar-refractivity contribution in [1.82, 2.24) is 4.98 Å². The standard InChI is InChI=1S/C25H22N4O4/c1-17-14-21(33-25-18(15-26)4-2-12-27-25)10-11-22(17)28-23(30)16-32-20-8-6-19(7-9-20)29-13-3-5-24(29)31/h2,4,6-12,14H,3,5,13,16H2,1H3,(H,28,30). The minimum atomic E-state index is -0.304. The van der Waals surface area contributed by atoms with Crippen LogP contribution in [0.4, 0.5) is 11.4 Å². The van der Waals surface area contributed by atoms with Crippen molar-refractivity contribution in [3.8, 4) is 23.4 Å². The number of hydrogen-bond donors (Lipinski definition) is 1. The number of nitriles is 1. The zero-order valence-corrected chi connectivity index (χ0v) is 18.1. The molecule has 0 atom stereocenters. The van der Waals surface area contributed by atoms with Crippen molar-refractivity contribution >= 4 is 23.2 Å². The van der Waals surface area contributed by atoms with Crippen LogP contribution < -0.4 is 19.7 Å². The zero-order valence-electron chi connectivity index (χ0n) is 18.1. The first-order chi connectivity index (χ1) is 16.0. The molecule has 33 heavy (non-hydrogen) atoms. The molecule has 1 saturated heterocycles. The number of benzene rings is 2. The van der Waals surface area contributed by atoms with Crippen LogP contribution in [0.3, 0.4) is 0 Å². The van der Waals surface area contributed by atoms with Crippen LogP contribution in [0.5, 0.6) is 17.4 Å². The van der Waals surface area contributed by atoms with Gasteiger partial charge in [-0.1, -0.05) is 0 Å². The maximum atomic E-state index is 12.4. The quantitative estimate of drug-likeness (QED) is 0.588. The third kappa shape index (κ3) is 5.28. The molecular weight excluding hydrogens is 420 g/mol. The Labute approximate surface area is 191 Å². The van der Waals surface area contributed by atoms with Gasteiger partial charge in [-0.3, -0.25) is 9.59 Å². The fourth-order valence-corrected chi connectivity index (χ4v) is 3.49. The van der Waals surface area contributed by atoms with E-state index in [9.17, 15) is 9.59 Å². The normalized spacial score (nSPS) is 12.8. The maximum absolute atomic E-state index is 12.4. The minimum Gasteiger partial charge on any atom is -0.484 e. The first-order valence-electron chi connectivity index (χ1n) is 10.5. The number of carbonyl (C=O) groups excluding carboxylic acids is 2. The van der Waals surface area contributed by atoms with E-state index in [1.165, 1.54) is 0 Å². The lowest BCUT2D eigenvalue weighted by molar-refractivity contribution is -0.118. The van der Waals surface area contributed by atoms with E-state index < -0.39 is 0 Å². The summed E-state index contributed by atoms with van der Waals surface area (Å²) in [6, 6.07) is 17.6. The fourth-order valence-electron chi connectivity index (χ4n) is 3.49. The second-order valence-electron chi connectivity index (χ2n) is 7.53. The lowest BCUT2D eigenvalue weighted by Crippen LogP contribution is -2.23. The number of aromatic nitrogens is 1. The van der Waals surface area contributed by atoms with Crippen LogP contribution in [-0.4, -0.2) is 29.9 Å². The highest BCUT2D eigenvalue weighted by atomic mass is 16.5. The molecule has 0 unspecified atom stereocenters. The Bertz CT molecular complexity index is 1220. The molecular formula is C25H22N4O4. The van der Waals surface area contributed by atoms with Crippen LogP contribution in [0.1, 0.15) is 24.0 Å². The van der Waals surface area contributed by atoms with E-state index in [2.05, 4.69) is 10.3 Å². The minimum absolute atomic E-state index is 0.125. The summed E-state index contributed by atoms with van der Waals surface area (Å²) in [6.45, 7) is 2.41. The molecule has 1 N–H and O–H groups in total. The fraction of sp³-hybridized carbons (Fsp3) is 0.200. The van der Waals surface area contributed by atoms with E-state index in [0.29, 0.717) is 29.2 Å². The highest BCUT2D eigenvalue weighted by Gasteiger charge is 2.21. The third-order valence-electron chi connectivity index (χ3n) is 5.17. The van der Waals surface area contributed by atoms with E-state index in [1.54, 1.807) is 53.6 Å². The lowest BCUT2D eigenvalue weighted by Gasteiger charge is -2.16. The molecule has 8 heteroatoms. The molecule has 0 saturated carbocycles. The molecule has 0 radical (unpaired) electrons. The summed E-state index contributed by atoms with van der Waals surface area (Å²) in [5.74, 6) is 1.10. The Morgan fingerprint density at radius 1 is 1.18 bits per heavy atom. The summed E-state index contributed by atoms with van der Waals surface area (Å²) in [4.78, 5) is 30.0. The number of nitrogens with one attached hydrogen (secondary N) is 1. The average molecular weight is 442 g/mol. The zero-order chi connectivity index (χ0) is 23.2. The van der Waals surface area contributed by atoms with Crippen LogP contribution in [0.15, 0.2) is 60.8 Å². The van der Waals surface area contributed by atoms with Crippen molar-refractivity contribution in [2.75, 3.05) is 23.4 Å². The van der Waals surface area contributed by atoms with Gasteiger partial charge in [-0.05, 0) is 73.5 Å². The van der Waals surface area contributed by atoms with E-state index in [1.807, 2.05) is 25.1 Å². The van der Waals surface area contributed by atoms with Crippen molar-refractivity contribution in [3.05, 3.63) is 71.9 Å². The number of hydrogen-bond acceptors (Lipinski definition) is 6. The topological polar surface area (TPSA) is 105 Å². The molecule has 2 amide bonds. The van der Waals surface area contributed by atoms with Gasteiger partial charge >= 0.3 is 0 Å². The smallest absolute Gasteiger partial charge is 0.262 e. The van der Waals surface area contributed by atoms with Gasteiger partial charge in [0.15, 0.2) is 6.61 Å². The van der Waals surface area contributed by atoms with Crippen LogP contribution in [0.2, 0.25) is 0 Å². The van der Waals surface area contributed by atoms with Crippen molar-refractivity contribution in [2.24, 2.45) is 0 Å². The van der Waals surface area contributed by atoms with Gasteiger partial charge in [0.05, 0.1) is 0 Å². The van der Waals surface area contributed by atoms with E-state index >= 15 is 0 Å². The van der Waals surface area contributed by atoms with Gasteiger partial charge in [-0.15, -0.1) is 0 Å². The Morgan fingerprint density at radius 2 is 1.97 bits per heavy atom. The molecule has 1 fully saturated rings. The summed E-state index contributed by atoms with van der Waals surface area (Å²) in [5, 5.41) is 12.0. The van der Waals surface area contributed by atoms with Crippen molar-refractivity contribution < 1.29 is 19.1 Å². The Kier molecular flexibility index (Phi) is 6.51. The molecule has 1 aromatic heterocycles. The molecule has 4 rings (SSSR count). The predicted molar refractivity (Wildman–Crippen MR) is 122 cm³/mol. The molecule has 3 aromatic rings. The monoisotopic (exact) mass is 442 g/mol. The van der Waals surface area contributed by atoms with Crippen molar-refractivity contribution in [1.29, 1.82) is 5.26 Å². The van der Waals surface area contributed by atoms with Crippen molar-refractivity contribution in [2.45, 2.75) is 19.8 Å². The Balaban J connectivity index is 1.32. The number of rotatable bonds is 7. The molecule has 2 aromatic carbocycles. The van der Waals surface area contributed by atoms with Gasteiger partial charge in [0.2, 0.25) is 11.8 Å². The number of ether oxygens (including phenoxy) is 2. The Morgan fingerprint density at radius 3 is 2.67 bits per heavy atom. The lowest BCUT2D eigenvalue weighted by atomic mass is 10.2. The molecule has 0 bridgehead atoms. The first kappa shape index (κ1) is 21.8. The first-order valence-corrected chi connectivity index (χ1v) is 10.5. The number of carbonyl (C=O) groups is 2. The summed E-state index contributed by atoms with van der Waals surface area (Å²) >= 11 is 0. The number of aryl methyl sites for hydroxylation is 1. The van der Waals surface area contributed by atoms with Gasteiger partial charge in [0.25, 0.3) is 5.91 Å². The number of nitrogens with zero attached hydrogens (tertiary/aromatic N) is 3. The average Bonchev–Trinajstić information content (AvgIpc) is 3.26. The van der Waals surface area contributed by atoms with Gasteiger partial charge in [-0.2, -0.15) is 5.26 Å². The molecule has 1 aliphatic heterocycles. The number of amides is 2. The SMILES string of the molecule is Cc1cc(Oc2ncccc2C#N)ccc1NC(=O)COc1ccc(N2CCCC2=O)cc1. The highest BCUT2D eigenvalue weighted by molar-refractivity contribution is 5.95. The largest absolute Gasteiger partial charge is 0.484 e. The van der Waals surface area contributed by atoms with Gasteiger partial charge in [0.1, 0.15) is 23.1 Å². The van der Waals surface area contributed by atoms with Crippen molar-refractivity contribution in [3.63, 3.8) is 0 Å². The third-order valence-corrected chi connectivity index (χ3v) is 5.17. The van der Waals surface area contributed by atoms with E-state index in [4.69, 9.17) is 14.7 Å². The predicted octanol–water partition coefficient (Wildman–Crippen LogP) is 4.20. The maximum Gasteiger partial charge on any atom is 0.262 e. The van der Waals surface area contributed by atoms with Crippen LogP contribution in [0.25, 0.3) is 0 Å². The molecule has 166 valence electrons. The number of anilines is 2. The van der Waals surface area contributed by atoms with Crippen LogP contribution >= 0.6 is 0 Å². The molecule has 0 aliphatic carbocycles. The molecule has 0 spiro atoms. The van der Waals surface area contributed by atoms with E-state index in [-0.39, 0.29) is 24.3 Å². The second kappa shape index (κ2) is 9.83. The van der Waals surface area contributed by atoms with E-state index in [0.717, 1.165) is 24.2 Å². The van der Waals surface area contributed by atoms with Gasteiger partial charge in [-0.25, -0.2) is 4.98 Å². The van der Waals surface area contributed by atoms with Gasteiger partial charge in [0, 0.05) is 30.5 Å². The summed E-state index contributed by atoms with van der Waals surface area (Å²) in [5.41, 5.74) is 2.58. The summed E-state index contributed by atoms with van der Waals surface area (Å²) in [6.07, 6.45) is 3.00. The summed E-state index contributed by atoms with van der Waals surface area (Å²) in [7, 11) is 0. The molecule has 1 aliphatic rings. The molecule has 8 nitrogen and oxygen atoms in total. The van der Waals surface area contributed by atoms with Crippen LogP contribution in [-0.2, 0) is 9.59 Å². The van der Waals surface area contributed by atoms with Gasteiger partial charge < -0.3 is 19.7 Å². The number of pyridine rings is 1. The Hall–Kier alpha value is -4.38. The summed E-state index contributed by atoms with van der Waals surface area (Å²) < 4.78 is 11.3. The molecule has 2 heterocycles. The highest BCUT2D eigenvalue weighted by Crippen LogP contribution is 2.27. The van der Waals surface area contributed by atoms with Crippen LogP contribution in [0, 0.1) is 18.3 Å².